The van der Waals surface area contributed by atoms with Crippen LogP contribution in [0, 0.1) is 0 Å². The Labute approximate surface area is 145 Å². The van der Waals surface area contributed by atoms with Crippen LogP contribution in [-0.2, 0) is 17.8 Å². The van der Waals surface area contributed by atoms with E-state index in [0.717, 1.165) is 16.5 Å². The summed E-state index contributed by atoms with van der Waals surface area (Å²) < 4.78 is 1.65. The third kappa shape index (κ3) is 3.59. The lowest BCUT2D eigenvalue weighted by Crippen LogP contribution is -2.20. The molecule has 2 heterocycles. The molecule has 1 amide bonds. The summed E-state index contributed by atoms with van der Waals surface area (Å²) in [5.41, 5.74) is 8.76. The minimum Gasteiger partial charge on any atom is -0.351 e. The number of carbonyl (C=O) groups excluding carboxylic acids is 2. The van der Waals surface area contributed by atoms with Gasteiger partial charge in [0.25, 0.3) is 5.91 Å². The fourth-order valence-electron chi connectivity index (χ4n) is 2.83. The molecule has 128 valence electrons. The van der Waals surface area contributed by atoms with Gasteiger partial charge in [0.15, 0.2) is 0 Å². The summed E-state index contributed by atoms with van der Waals surface area (Å²) in [4.78, 5) is 28.2. The highest BCUT2D eigenvalue weighted by Gasteiger charge is 2.15. The van der Waals surface area contributed by atoms with Gasteiger partial charge in [-0.1, -0.05) is 18.2 Å². The standard InChI is InChI=1S/C19H20N4O2/c1-13(24)22-11-16-10-14(7-9-21-16)19(25)23-12-15(6-8-20)17-4-2-3-5-18(17)23/h2-5,7,9-10,12H,6,8,11,20H2,1H3,(H,22,24). The Kier molecular flexibility index (Phi) is 4.90. The number of pyridine rings is 1. The lowest BCUT2D eigenvalue weighted by atomic mass is 10.1. The summed E-state index contributed by atoms with van der Waals surface area (Å²) in [5.74, 6) is -0.271. The molecule has 6 nitrogen and oxygen atoms in total. The first-order chi connectivity index (χ1) is 12.1. The summed E-state index contributed by atoms with van der Waals surface area (Å²) in [6, 6.07) is 11.2. The van der Waals surface area contributed by atoms with Crippen LogP contribution in [0.1, 0.15) is 28.5 Å². The molecule has 0 radical (unpaired) electrons. The van der Waals surface area contributed by atoms with Gasteiger partial charge in [-0.15, -0.1) is 0 Å². The smallest absolute Gasteiger partial charge is 0.262 e. The maximum Gasteiger partial charge on any atom is 0.262 e. The van der Waals surface area contributed by atoms with E-state index in [1.807, 2.05) is 30.5 Å². The Balaban J connectivity index is 1.97. The van der Waals surface area contributed by atoms with Crippen molar-refractivity contribution >= 4 is 22.7 Å². The van der Waals surface area contributed by atoms with Crippen LogP contribution < -0.4 is 11.1 Å². The topological polar surface area (TPSA) is 90.0 Å². The monoisotopic (exact) mass is 336 g/mol. The number of hydrogen-bond donors (Lipinski definition) is 2. The highest BCUT2D eigenvalue weighted by atomic mass is 16.2. The van der Waals surface area contributed by atoms with E-state index < -0.39 is 0 Å². The molecule has 3 aromatic rings. The van der Waals surface area contributed by atoms with E-state index >= 15 is 0 Å². The summed E-state index contributed by atoms with van der Waals surface area (Å²) >= 11 is 0. The molecule has 1 aromatic carbocycles. The largest absolute Gasteiger partial charge is 0.351 e. The van der Waals surface area contributed by atoms with E-state index in [4.69, 9.17) is 5.73 Å². The molecule has 0 atom stereocenters. The Hall–Kier alpha value is -2.99. The first-order valence-electron chi connectivity index (χ1n) is 8.13. The van der Waals surface area contributed by atoms with E-state index in [1.54, 1.807) is 22.9 Å². The molecule has 0 aliphatic carbocycles. The van der Waals surface area contributed by atoms with Crippen LogP contribution in [0.3, 0.4) is 0 Å². The molecule has 2 aromatic heterocycles. The number of benzene rings is 1. The third-order valence-electron chi connectivity index (χ3n) is 4.01. The Morgan fingerprint density at radius 1 is 1.24 bits per heavy atom. The van der Waals surface area contributed by atoms with Crippen molar-refractivity contribution in [1.29, 1.82) is 0 Å². The molecule has 3 rings (SSSR count). The first kappa shape index (κ1) is 16.9. The number of nitrogens with zero attached hydrogens (tertiary/aromatic N) is 2. The molecule has 25 heavy (non-hydrogen) atoms. The van der Waals surface area contributed by atoms with Gasteiger partial charge in [-0.05, 0) is 36.7 Å². The van der Waals surface area contributed by atoms with Gasteiger partial charge >= 0.3 is 0 Å². The molecule has 0 aliphatic heterocycles. The molecule has 0 unspecified atom stereocenters. The van der Waals surface area contributed by atoms with Crippen LogP contribution in [0.15, 0.2) is 48.8 Å². The first-order valence-corrected chi connectivity index (χ1v) is 8.13. The number of rotatable bonds is 5. The van der Waals surface area contributed by atoms with Crippen LogP contribution in [0.25, 0.3) is 10.9 Å². The molecule has 0 bridgehead atoms. The summed E-state index contributed by atoms with van der Waals surface area (Å²) in [6.07, 6.45) is 4.15. The minimum absolute atomic E-state index is 0.133. The number of nitrogens with one attached hydrogen (secondary N) is 1. The fraction of sp³-hybridized carbons (Fsp3) is 0.211. The number of carbonyl (C=O) groups is 2. The van der Waals surface area contributed by atoms with Crippen LogP contribution in [0.4, 0.5) is 0 Å². The second-order valence-corrected chi connectivity index (χ2v) is 5.83. The van der Waals surface area contributed by atoms with Gasteiger partial charge in [0.1, 0.15) is 0 Å². The maximum atomic E-state index is 13.0. The number of aromatic nitrogens is 2. The van der Waals surface area contributed by atoms with E-state index in [1.165, 1.54) is 6.92 Å². The molecular formula is C19H20N4O2. The number of amides is 1. The summed E-state index contributed by atoms with van der Waals surface area (Å²) in [6.45, 7) is 2.26. The van der Waals surface area contributed by atoms with Crippen LogP contribution >= 0.6 is 0 Å². The summed E-state index contributed by atoms with van der Waals surface area (Å²) in [7, 11) is 0. The zero-order chi connectivity index (χ0) is 17.8. The predicted octanol–water partition coefficient (Wildman–Crippen LogP) is 1.86. The van der Waals surface area contributed by atoms with Crippen molar-refractivity contribution in [2.45, 2.75) is 19.9 Å². The van der Waals surface area contributed by atoms with Gasteiger partial charge in [-0.3, -0.25) is 19.1 Å². The lowest BCUT2D eigenvalue weighted by molar-refractivity contribution is -0.119. The van der Waals surface area contributed by atoms with Gasteiger partial charge < -0.3 is 11.1 Å². The molecule has 0 aliphatic rings. The summed E-state index contributed by atoms with van der Waals surface area (Å²) in [5, 5.41) is 3.72. The molecule has 0 spiro atoms. The average molecular weight is 336 g/mol. The number of para-hydroxylation sites is 1. The molecule has 0 saturated carbocycles. The van der Waals surface area contributed by atoms with Crippen molar-refractivity contribution in [3.63, 3.8) is 0 Å². The van der Waals surface area contributed by atoms with Crippen LogP contribution in [-0.4, -0.2) is 27.9 Å². The van der Waals surface area contributed by atoms with Crippen molar-refractivity contribution in [2.24, 2.45) is 5.73 Å². The van der Waals surface area contributed by atoms with Crippen LogP contribution in [0.5, 0.6) is 0 Å². The number of fused-ring (bicyclic) bond motifs is 1. The Morgan fingerprint density at radius 3 is 2.80 bits per heavy atom. The van der Waals surface area contributed by atoms with Crippen LogP contribution in [0.2, 0.25) is 0 Å². The van der Waals surface area contributed by atoms with Gasteiger partial charge in [-0.25, -0.2) is 0 Å². The van der Waals surface area contributed by atoms with Crippen molar-refractivity contribution in [2.75, 3.05) is 6.54 Å². The van der Waals surface area contributed by atoms with Gasteiger partial charge in [0.2, 0.25) is 5.91 Å². The Morgan fingerprint density at radius 2 is 2.04 bits per heavy atom. The van der Waals surface area contributed by atoms with E-state index in [9.17, 15) is 9.59 Å². The lowest BCUT2D eigenvalue weighted by Gasteiger charge is -2.06. The molecule has 6 heteroatoms. The normalized spacial score (nSPS) is 10.8. The average Bonchev–Trinajstić information content (AvgIpc) is 2.99. The molecule has 0 saturated heterocycles. The molecule has 0 fully saturated rings. The molecule has 3 N–H and O–H groups in total. The van der Waals surface area contributed by atoms with E-state index in [0.29, 0.717) is 30.8 Å². The van der Waals surface area contributed by atoms with Crippen molar-refractivity contribution < 1.29 is 9.59 Å². The zero-order valence-electron chi connectivity index (χ0n) is 14.0. The quantitative estimate of drug-likeness (QED) is 0.744. The predicted molar refractivity (Wildman–Crippen MR) is 96.2 cm³/mol. The van der Waals surface area contributed by atoms with Gasteiger partial charge in [0, 0.05) is 30.3 Å². The SMILES string of the molecule is CC(=O)NCc1cc(C(=O)n2cc(CCN)c3ccccc32)ccn1. The third-order valence-corrected chi connectivity index (χ3v) is 4.01. The van der Waals surface area contributed by atoms with Crippen molar-refractivity contribution in [1.82, 2.24) is 14.9 Å². The fourth-order valence-corrected chi connectivity index (χ4v) is 2.83. The van der Waals surface area contributed by atoms with Crippen molar-refractivity contribution in [3.8, 4) is 0 Å². The van der Waals surface area contributed by atoms with E-state index in [2.05, 4.69) is 10.3 Å². The van der Waals surface area contributed by atoms with E-state index in [-0.39, 0.29) is 11.8 Å². The second-order valence-electron chi connectivity index (χ2n) is 5.83. The maximum absolute atomic E-state index is 13.0. The second kappa shape index (κ2) is 7.27. The zero-order valence-corrected chi connectivity index (χ0v) is 14.0. The highest BCUT2D eigenvalue weighted by Crippen LogP contribution is 2.22. The van der Waals surface area contributed by atoms with Gasteiger partial charge in [-0.2, -0.15) is 0 Å². The van der Waals surface area contributed by atoms with Gasteiger partial charge in [0.05, 0.1) is 17.8 Å². The molecular weight excluding hydrogens is 316 g/mol. The number of nitrogens with two attached hydrogens (primary N) is 1. The Bertz CT molecular complexity index is 930. The minimum atomic E-state index is -0.138. The highest BCUT2D eigenvalue weighted by molar-refractivity contribution is 6.03. The number of hydrogen-bond acceptors (Lipinski definition) is 4. The van der Waals surface area contributed by atoms with Crippen molar-refractivity contribution in [3.05, 3.63) is 65.6 Å².